The molecule has 0 N–H and O–H groups in total. The Hall–Kier alpha value is -3.41. The molecule has 1 aliphatic carbocycles. The second-order valence-electron chi connectivity index (χ2n) is 9.59. The van der Waals surface area contributed by atoms with Crippen LogP contribution in [0, 0.1) is 0 Å². The monoisotopic (exact) mass is 470 g/mol. The van der Waals surface area contributed by atoms with Crippen molar-refractivity contribution in [2.24, 2.45) is 0 Å². The molecule has 6 heteroatoms. The van der Waals surface area contributed by atoms with Gasteiger partial charge in [0.1, 0.15) is 0 Å². The van der Waals surface area contributed by atoms with Gasteiger partial charge in [0.2, 0.25) is 5.91 Å². The lowest BCUT2D eigenvalue weighted by atomic mass is 10.1. The molecular weight excluding hydrogens is 436 g/mol. The Balaban J connectivity index is 1.22. The third-order valence-corrected chi connectivity index (χ3v) is 7.25. The normalized spacial score (nSPS) is 16.0. The van der Waals surface area contributed by atoms with Gasteiger partial charge in [0, 0.05) is 43.9 Å². The van der Waals surface area contributed by atoms with Crippen LogP contribution in [0.3, 0.4) is 0 Å². The van der Waals surface area contributed by atoms with E-state index in [9.17, 15) is 9.59 Å². The van der Waals surface area contributed by atoms with Gasteiger partial charge in [-0.1, -0.05) is 55.0 Å². The summed E-state index contributed by atoms with van der Waals surface area (Å²) < 4.78 is 1.99. The molecule has 2 heterocycles. The number of aromatic nitrogens is 2. The van der Waals surface area contributed by atoms with Gasteiger partial charge in [-0.3, -0.25) is 9.59 Å². The number of benzene rings is 2. The lowest BCUT2D eigenvalue weighted by Gasteiger charge is -2.34. The number of piperazine rings is 1. The molecule has 0 saturated carbocycles. The van der Waals surface area contributed by atoms with E-state index < -0.39 is 0 Å². The number of amides is 2. The molecule has 2 aromatic carbocycles. The highest BCUT2D eigenvalue weighted by atomic mass is 16.2. The van der Waals surface area contributed by atoms with Gasteiger partial charge in [-0.15, -0.1) is 0 Å². The highest BCUT2D eigenvalue weighted by molar-refractivity contribution is 5.94. The molecule has 2 amide bonds. The van der Waals surface area contributed by atoms with Crippen molar-refractivity contribution in [3.05, 3.63) is 83.2 Å². The van der Waals surface area contributed by atoms with Crippen LogP contribution >= 0.6 is 0 Å². The third kappa shape index (κ3) is 5.31. The quantitative estimate of drug-likeness (QED) is 0.500. The average Bonchev–Trinajstić information content (AvgIpc) is 3.10. The number of carbonyl (C=O) groups is 2. The minimum absolute atomic E-state index is 0.00834. The van der Waals surface area contributed by atoms with E-state index in [1.807, 2.05) is 50.9 Å². The van der Waals surface area contributed by atoms with Crippen molar-refractivity contribution in [2.45, 2.75) is 51.4 Å². The number of hydrogen-bond acceptors (Lipinski definition) is 3. The maximum atomic E-state index is 13.6. The zero-order valence-electron chi connectivity index (χ0n) is 20.4. The van der Waals surface area contributed by atoms with E-state index in [-0.39, 0.29) is 11.8 Å². The van der Waals surface area contributed by atoms with Crippen LogP contribution in [-0.4, -0.2) is 57.6 Å². The summed E-state index contributed by atoms with van der Waals surface area (Å²) in [7, 11) is 0. The molecule has 1 aliphatic heterocycles. The Bertz CT molecular complexity index is 1150. The maximum Gasteiger partial charge on any atom is 0.274 e. The number of carbonyl (C=O) groups excluding carboxylic acids is 2. The van der Waals surface area contributed by atoms with Gasteiger partial charge in [0.15, 0.2) is 5.69 Å². The predicted octanol–water partition coefficient (Wildman–Crippen LogP) is 4.45. The zero-order chi connectivity index (χ0) is 24.0. The molecule has 1 fully saturated rings. The summed E-state index contributed by atoms with van der Waals surface area (Å²) in [4.78, 5) is 30.1. The number of nitrogens with zero attached hydrogens (tertiary/aromatic N) is 4. The summed E-state index contributed by atoms with van der Waals surface area (Å²) in [6.45, 7) is 2.32. The van der Waals surface area contributed by atoms with Crippen LogP contribution in [-0.2, 0) is 24.1 Å². The lowest BCUT2D eigenvalue weighted by Crippen LogP contribution is -2.50. The fourth-order valence-corrected chi connectivity index (χ4v) is 5.29. The van der Waals surface area contributed by atoms with E-state index in [0.717, 1.165) is 49.8 Å². The largest absolute Gasteiger partial charge is 0.339 e. The molecule has 3 aromatic rings. The average molecular weight is 471 g/mol. The SMILES string of the molecule is O=C(CCCc1ccccc1)N1CCN(C(=O)c2nn(-c3ccccc3)c3c2CCCCC3)CC1. The molecule has 182 valence electrons. The Kier molecular flexibility index (Phi) is 7.26. The minimum Gasteiger partial charge on any atom is -0.339 e. The van der Waals surface area contributed by atoms with Crippen LogP contribution in [0.5, 0.6) is 0 Å². The van der Waals surface area contributed by atoms with Crippen LogP contribution in [0.1, 0.15) is 59.4 Å². The number of aryl methyl sites for hydroxylation is 1. The van der Waals surface area contributed by atoms with Crippen molar-refractivity contribution >= 4 is 11.8 Å². The summed E-state index contributed by atoms with van der Waals surface area (Å²) in [6.07, 6.45) is 7.59. The maximum absolute atomic E-state index is 13.6. The topological polar surface area (TPSA) is 58.4 Å². The van der Waals surface area contributed by atoms with Crippen molar-refractivity contribution < 1.29 is 9.59 Å². The first-order valence-corrected chi connectivity index (χ1v) is 13.0. The van der Waals surface area contributed by atoms with Gasteiger partial charge in [-0.25, -0.2) is 4.68 Å². The van der Waals surface area contributed by atoms with Gasteiger partial charge in [-0.05, 0) is 56.2 Å². The van der Waals surface area contributed by atoms with Crippen molar-refractivity contribution in [3.63, 3.8) is 0 Å². The Morgan fingerprint density at radius 3 is 2.17 bits per heavy atom. The first-order chi connectivity index (χ1) is 17.2. The molecule has 0 radical (unpaired) electrons. The lowest BCUT2D eigenvalue weighted by molar-refractivity contribution is -0.132. The first-order valence-electron chi connectivity index (χ1n) is 13.0. The third-order valence-electron chi connectivity index (χ3n) is 7.25. The molecule has 2 aliphatic rings. The summed E-state index contributed by atoms with van der Waals surface area (Å²) in [5.74, 6) is 0.198. The van der Waals surface area contributed by atoms with Crippen LogP contribution in [0.15, 0.2) is 60.7 Å². The van der Waals surface area contributed by atoms with Crippen molar-refractivity contribution in [1.82, 2.24) is 19.6 Å². The molecule has 0 atom stereocenters. The fourth-order valence-electron chi connectivity index (χ4n) is 5.29. The molecule has 1 aromatic heterocycles. The summed E-state index contributed by atoms with van der Waals surface area (Å²) in [5, 5.41) is 4.85. The van der Waals surface area contributed by atoms with E-state index >= 15 is 0 Å². The molecule has 0 unspecified atom stereocenters. The van der Waals surface area contributed by atoms with Crippen LogP contribution in [0.2, 0.25) is 0 Å². The van der Waals surface area contributed by atoms with Gasteiger partial charge in [0.05, 0.1) is 5.69 Å². The second kappa shape index (κ2) is 10.9. The fraction of sp³-hybridized carbons (Fsp3) is 0.414. The summed E-state index contributed by atoms with van der Waals surface area (Å²) in [6, 6.07) is 20.4. The highest BCUT2D eigenvalue weighted by Crippen LogP contribution is 2.27. The zero-order valence-corrected chi connectivity index (χ0v) is 20.4. The van der Waals surface area contributed by atoms with Gasteiger partial charge >= 0.3 is 0 Å². The number of hydrogen-bond donors (Lipinski definition) is 0. The predicted molar refractivity (Wildman–Crippen MR) is 137 cm³/mol. The van der Waals surface area contributed by atoms with Crippen LogP contribution in [0.4, 0.5) is 0 Å². The highest BCUT2D eigenvalue weighted by Gasteiger charge is 2.30. The van der Waals surface area contributed by atoms with E-state index in [1.54, 1.807) is 0 Å². The van der Waals surface area contributed by atoms with E-state index in [1.165, 1.54) is 17.7 Å². The van der Waals surface area contributed by atoms with Crippen LogP contribution < -0.4 is 0 Å². The molecule has 5 rings (SSSR count). The summed E-state index contributed by atoms with van der Waals surface area (Å²) in [5.41, 5.74) is 5.19. The van der Waals surface area contributed by atoms with Crippen LogP contribution in [0.25, 0.3) is 5.69 Å². The first kappa shape index (κ1) is 23.3. The van der Waals surface area contributed by atoms with E-state index in [2.05, 4.69) is 24.3 Å². The molecule has 0 bridgehead atoms. The molecule has 1 saturated heterocycles. The van der Waals surface area contributed by atoms with Crippen molar-refractivity contribution in [3.8, 4) is 5.69 Å². The number of fused-ring (bicyclic) bond motifs is 1. The minimum atomic E-state index is 0.00834. The van der Waals surface area contributed by atoms with E-state index in [4.69, 9.17) is 5.10 Å². The van der Waals surface area contributed by atoms with Gasteiger partial charge in [0.25, 0.3) is 5.91 Å². The Morgan fingerprint density at radius 1 is 0.771 bits per heavy atom. The van der Waals surface area contributed by atoms with E-state index in [0.29, 0.717) is 38.3 Å². The molecular formula is C29H34N4O2. The Morgan fingerprint density at radius 2 is 1.43 bits per heavy atom. The standard InChI is InChI=1S/C29H34N4O2/c34-27(18-10-13-23-11-4-1-5-12-23)31-19-21-32(22-20-31)29(35)28-25-16-8-3-9-17-26(25)33(30-28)24-14-6-2-7-15-24/h1-2,4-7,11-12,14-15H,3,8-10,13,16-22H2. The summed E-state index contributed by atoms with van der Waals surface area (Å²) >= 11 is 0. The van der Waals surface area contributed by atoms with Gasteiger partial charge in [-0.2, -0.15) is 5.10 Å². The molecule has 6 nitrogen and oxygen atoms in total. The van der Waals surface area contributed by atoms with Crippen molar-refractivity contribution in [2.75, 3.05) is 26.2 Å². The second-order valence-corrected chi connectivity index (χ2v) is 9.59. The number of rotatable bonds is 6. The number of para-hydroxylation sites is 1. The van der Waals surface area contributed by atoms with Gasteiger partial charge < -0.3 is 9.80 Å². The Labute approximate surface area is 207 Å². The van der Waals surface area contributed by atoms with Crippen molar-refractivity contribution in [1.29, 1.82) is 0 Å². The molecule has 0 spiro atoms. The molecule has 35 heavy (non-hydrogen) atoms. The smallest absolute Gasteiger partial charge is 0.274 e.